The Morgan fingerprint density at radius 3 is 2.56 bits per heavy atom. The SMILES string of the molecule is O=C(O)O.c1c[nH]nn1.c1ncc2[nH]cnc2n1. The summed E-state index contributed by atoms with van der Waals surface area (Å²) in [4.78, 5) is 23.0. The molecule has 0 aliphatic heterocycles. The fourth-order valence-corrected chi connectivity index (χ4v) is 0.857. The van der Waals surface area contributed by atoms with E-state index in [2.05, 4.69) is 35.3 Å². The van der Waals surface area contributed by atoms with Crippen molar-refractivity contribution in [1.29, 1.82) is 0 Å². The summed E-state index contributed by atoms with van der Waals surface area (Å²) in [7, 11) is 0. The van der Waals surface area contributed by atoms with Crippen molar-refractivity contribution in [3.05, 3.63) is 31.2 Å². The lowest BCUT2D eigenvalue weighted by atomic mass is 10.6. The van der Waals surface area contributed by atoms with Crippen molar-refractivity contribution in [2.24, 2.45) is 0 Å². The second-order valence-corrected chi connectivity index (χ2v) is 2.61. The third kappa shape index (κ3) is 5.16. The van der Waals surface area contributed by atoms with Gasteiger partial charge in [-0.15, -0.1) is 5.10 Å². The Bertz CT molecular complexity index is 513. The number of fused-ring (bicyclic) bond motifs is 1. The van der Waals surface area contributed by atoms with Gasteiger partial charge < -0.3 is 15.2 Å². The predicted octanol–water partition coefficient (Wildman–Crippen LogP) is 0.380. The second-order valence-electron chi connectivity index (χ2n) is 2.61. The van der Waals surface area contributed by atoms with Gasteiger partial charge in [0.2, 0.25) is 0 Å². The van der Waals surface area contributed by atoms with Crippen LogP contribution in [0.5, 0.6) is 0 Å². The standard InChI is InChI=1S/C5H4N4.C2H3N3.CH2O3/c1-4-5(8-2-6-1)9-3-7-4;1-2-4-5-3-1;2-1(3)4/h1-3H,(H,6,7,8,9);1-2H,(H,3,4,5);(H2,2,3,4). The van der Waals surface area contributed by atoms with E-state index >= 15 is 0 Å². The average molecular weight is 251 g/mol. The predicted molar refractivity (Wildman–Crippen MR) is 58.7 cm³/mol. The lowest BCUT2D eigenvalue weighted by molar-refractivity contribution is 0.137. The molecular weight excluding hydrogens is 242 g/mol. The highest BCUT2D eigenvalue weighted by atomic mass is 16.6. The number of imidazole rings is 1. The Morgan fingerprint density at radius 2 is 2.06 bits per heavy atom. The van der Waals surface area contributed by atoms with Crippen LogP contribution in [0.4, 0.5) is 4.79 Å². The Kier molecular flexibility index (Phi) is 5.26. The maximum absolute atomic E-state index is 8.56. The molecule has 0 atom stereocenters. The van der Waals surface area contributed by atoms with Crippen molar-refractivity contribution in [2.45, 2.75) is 0 Å². The molecule has 0 saturated carbocycles. The van der Waals surface area contributed by atoms with E-state index in [-0.39, 0.29) is 0 Å². The molecule has 0 fully saturated rings. The van der Waals surface area contributed by atoms with E-state index in [0.29, 0.717) is 5.65 Å². The highest BCUT2D eigenvalue weighted by molar-refractivity contribution is 5.67. The minimum Gasteiger partial charge on any atom is -0.450 e. The number of nitrogens with one attached hydrogen (secondary N) is 2. The monoisotopic (exact) mass is 251 g/mol. The van der Waals surface area contributed by atoms with Crippen molar-refractivity contribution < 1.29 is 15.0 Å². The number of rotatable bonds is 0. The van der Waals surface area contributed by atoms with Gasteiger partial charge in [-0.25, -0.2) is 19.7 Å². The van der Waals surface area contributed by atoms with E-state index in [9.17, 15) is 0 Å². The number of carboxylic acid groups (broad SMARTS) is 2. The van der Waals surface area contributed by atoms with Gasteiger partial charge >= 0.3 is 6.16 Å². The van der Waals surface area contributed by atoms with E-state index in [1.807, 2.05) is 0 Å². The Labute approximate surface area is 99.8 Å². The second kappa shape index (κ2) is 7.27. The van der Waals surface area contributed by atoms with Crippen LogP contribution in [0.15, 0.2) is 31.2 Å². The largest absolute Gasteiger partial charge is 0.503 e. The smallest absolute Gasteiger partial charge is 0.450 e. The minimum atomic E-state index is -1.83. The lowest BCUT2D eigenvalue weighted by Crippen LogP contribution is -1.81. The fraction of sp³-hybridized carbons (Fsp3) is 0. The number of H-pyrrole nitrogens is 2. The molecule has 18 heavy (non-hydrogen) atoms. The number of hydrogen-bond donors (Lipinski definition) is 4. The molecule has 3 heterocycles. The van der Waals surface area contributed by atoms with Crippen molar-refractivity contribution in [3.63, 3.8) is 0 Å². The van der Waals surface area contributed by atoms with Crippen LogP contribution in [0.2, 0.25) is 0 Å². The molecule has 4 N–H and O–H groups in total. The fourth-order valence-electron chi connectivity index (χ4n) is 0.857. The maximum Gasteiger partial charge on any atom is 0.503 e. The average Bonchev–Trinajstić information content (AvgIpc) is 3.03. The van der Waals surface area contributed by atoms with Crippen molar-refractivity contribution in [3.8, 4) is 0 Å². The zero-order valence-electron chi connectivity index (χ0n) is 8.93. The highest BCUT2D eigenvalue weighted by Crippen LogP contribution is 1.99. The molecule has 94 valence electrons. The van der Waals surface area contributed by atoms with Crippen LogP contribution in [-0.2, 0) is 0 Å². The molecule has 0 spiro atoms. The summed E-state index contributed by atoms with van der Waals surface area (Å²) >= 11 is 0. The van der Waals surface area contributed by atoms with E-state index in [1.165, 1.54) is 6.33 Å². The molecule has 3 rings (SSSR count). The molecular formula is C8H9N7O3. The van der Waals surface area contributed by atoms with Crippen LogP contribution < -0.4 is 0 Å². The van der Waals surface area contributed by atoms with Crippen LogP contribution >= 0.6 is 0 Å². The van der Waals surface area contributed by atoms with Gasteiger partial charge in [-0.2, -0.15) is 0 Å². The first-order chi connectivity index (χ1) is 8.70. The number of aromatic nitrogens is 7. The zero-order valence-corrected chi connectivity index (χ0v) is 8.93. The van der Waals surface area contributed by atoms with Crippen LogP contribution in [0.25, 0.3) is 11.2 Å². The normalized spacial score (nSPS) is 8.67. The first-order valence-corrected chi connectivity index (χ1v) is 4.51. The molecule has 0 aliphatic carbocycles. The Morgan fingerprint density at radius 1 is 1.28 bits per heavy atom. The molecule has 0 bridgehead atoms. The first-order valence-electron chi connectivity index (χ1n) is 4.51. The van der Waals surface area contributed by atoms with Gasteiger partial charge in [0.05, 0.1) is 18.7 Å². The maximum atomic E-state index is 8.56. The van der Waals surface area contributed by atoms with Crippen molar-refractivity contribution in [2.75, 3.05) is 0 Å². The molecule has 0 aromatic carbocycles. The van der Waals surface area contributed by atoms with E-state index in [1.54, 1.807) is 24.9 Å². The zero-order chi connectivity index (χ0) is 13.2. The van der Waals surface area contributed by atoms with E-state index < -0.39 is 6.16 Å². The third-order valence-corrected chi connectivity index (χ3v) is 1.43. The quantitative estimate of drug-likeness (QED) is 0.447. The van der Waals surface area contributed by atoms with Crippen LogP contribution in [-0.4, -0.2) is 51.7 Å². The third-order valence-electron chi connectivity index (χ3n) is 1.43. The molecule has 0 unspecified atom stereocenters. The molecule has 0 amide bonds. The van der Waals surface area contributed by atoms with Gasteiger partial charge in [0.15, 0.2) is 5.65 Å². The molecule has 3 aromatic heterocycles. The number of hydrogen-bond acceptors (Lipinski definition) is 6. The number of nitrogens with zero attached hydrogens (tertiary/aromatic N) is 5. The van der Waals surface area contributed by atoms with Gasteiger partial charge in [0.25, 0.3) is 0 Å². The van der Waals surface area contributed by atoms with Crippen LogP contribution in [0.1, 0.15) is 0 Å². The van der Waals surface area contributed by atoms with Crippen molar-refractivity contribution >= 4 is 17.3 Å². The summed E-state index contributed by atoms with van der Waals surface area (Å²) in [5, 5.41) is 23.2. The number of aromatic amines is 2. The molecule has 0 aliphatic rings. The summed E-state index contributed by atoms with van der Waals surface area (Å²) < 4.78 is 0. The molecule has 0 radical (unpaired) electrons. The molecule has 0 saturated heterocycles. The molecule has 3 aromatic rings. The van der Waals surface area contributed by atoms with Crippen LogP contribution in [0.3, 0.4) is 0 Å². The summed E-state index contributed by atoms with van der Waals surface area (Å²) in [6, 6.07) is 0. The summed E-state index contributed by atoms with van der Waals surface area (Å²) in [5.41, 5.74) is 1.59. The van der Waals surface area contributed by atoms with E-state index in [4.69, 9.17) is 15.0 Å². The lowest BCUT2D eigenvalue weighted by Gasteiger charge is -1.80. The van der Waals surface area contributed by atoms with Gasteiger partial charge in [-0.3, -0.25) is 5.10 Å². The molecule has 10 heteroatoms. The Balaban J connectivity index is 0.000000154. The highest BCUT2D eigenvalue weighted by Gasteiger charge is 1.91. The molecule has 10 nitrogen and oxygen atoms in total. The summed E-state index contributed by atoms with van der Waals surface area (Å²) in [5.74, 6) is 0. The Hall–Kier alpha value is -3.04. The van der Waals surface area contributed by atoms with Crippen LogP contribution in [0, 0.1) is 0 Å². The summed E-state index contributed by atoms with van der Waals surface area (Å²) in [6.07, 6.45) is 6.16. The van der Waals surface area contributed by atoms with Gasteiger partial charge in [-0.05, 0) is 0 Å². The minimum absolute atomic E-state index is 0.713. The van der Waals surface area contributed by atoms with Gasteiger partial charge in [-0.1, -0.05) is 5.21 Å². The topological polar surface area (TPSA) is 154 Å². The van der Waals surface area contributed by atoms with E-state index in [0.717, 1.165) is 5.52 Å². The van der Waals surface area contributed by atoms with Gasteiger partial charge in [0.1, 0.15) is 11.8 Å². The summed E-state index contributed by atoms with van der Waals surface area (Å²) in [6.45, 7) is 0. The van der Waals surface area contributed by atoms with Crippen molar-refractivity contribution in [1.82, 2.24) is 35.3 Å². The number of carbonyl (C=O) groups is 1. The van der Waals surface area contributed by atoms with Gasteiger partial charge in [0, 0.05) is 6.20 Å². The first kappa shape index (κ1) is 13.0.